The molecule has 0 radical (unpaired) electrons. The normalized spacial score (nSPS) is 12.7. The van der Waals surface area contributed by atoms with Crippen LogP contribution in [0.1, 0.15) is 25.7 Å². The zero-order valence-electron chi connectivity index (χ0n) is 13.2. The van der Waals surface area contributed by atoms with E-state index >= 15 is 0 Å². The maximum absolute atomic E-state index is 13.1. The zero-order valence-corrected chi connectivity index (χ0v) is 13.2. The topological polar surface area (TPSA) is 67.8 Å². The lowest BCUT2D eigenvalue weighted by atomic mass is 10.1. The lowest BCUT2D eigenvalue weighted by molar-refractivity contribution is -0.343. The summed E-state index contributed by atoms with van der Waals surface area (Å²) in [4.78, 5) is 24.1. The number of carbonyl (C=O) groups excluding carboxylic acids is 2. The summed E-state index contributed by atoms with van der Waals surface area (Å²) in [7, 11) is 0. The lowest BCUT2D eigenvalue weighted by Gasteiger charge is -2.31. The molecule has 152 valence electrons. The van der Waals surface area contributed by atoms with Gasteiger partial charge in [0.1, 0.15) is 0 Å². The first-order chi connectivity index (χ1) is 11.9. The Morgan fingerprint density at radius 1 is 1.04 bits per heavy atom. The van der Waals surface area contributed by atoms with Crippen LogP contribution in [0.3, 0.4) is 0 Å². The molecule has 0 spiro atoms. The molecule has 0 aromatic carbocycles. The fraction of sp³-hybridized carbons (Fsp3) is 0.846. The number of nitrogens with zero attached hydrogens (tertiary/aromatic N) is 1. The van der Waals surface area contributed by atoms with Crippen LogP contribution in [0.2, 0.25) is 0 Å². The van der Waals surface area contributed by atoms with Crippen molar-refractivity contribution in [2.24, 2.45) is 4.99 Å². The average molecular weight is 400 g/mol. The molecule has 0 rings (SSSR count). The highest BCUT2D eigenvalue weighted by Gasteiger charge is 2.75. The molecule has 0 aliphatic heterocycles. The third-order valence-electron chi connectivity index (χ3n) is 3.07. The Balaban J connectivity index is 4.26. The van der Waals surface area contributed by atoms with E-state index in [1.807, 2.05) is 5.32 Å². The number of alkyl halides is 8. The van der Waals surface area contributed by atoms with Crippen LogP contribution >= 0.6 is 0 Å². The molecule has 0 aliphatic rings. The molecule has 1 N–H and O–H groups in total. The van der Waals surface area contributed by atoms with Crippen molar-refractivity contribution in [2.75, 3.05) is 19.7 Å². The van der Waals surface area contributed by atoms with Gasteiger partial charge in [0, 0.05) is 6.54 Å². The van der Waals surface area contributed by atoms with Crippen LogP contribution in [0, 0.1) is 0 Å². The number of aliphatic imine (C=N–C) groups is 1. The van der Waals surface area contributed by atoms with Gasteiger partial charge in [-0.1, -0.05) is 12.8 Å². The van der Waals surface area contributed by atoms with E-state index in [0.29, 0.717) is 25.7 Å². The molecule has 0 saturated heterocycles. The Morgan fingerprint density at radius 2 is 1.62 bits per heavy atom. The minimum atomic E-state index is -6.42. The zero-order chi connectivity index (χ0) is 20.4. The summed E-state index contributed by atoms with van der Waals surface area (Å²) in [5.74, 6) is -18.4. The number of halogens is 8. The molecular weight excluding hydrogens is 384 g/mol. The minimum absolute atomic E-state index is 0.0923. The summed E-state index contributed by atoms with van der Waals surface area (Å²) in [6.07, 6.45) is -3.21. The number of isocyanates is 1. The molecule has 0 unspecified atom stereocenters. The summed E-state index contributed by atoms with van der Waals surface area (Å²) in [5.41, 5.74) is 0. The Labute approximate surface area is 142 Å². The summed E-state index contributed by atoms with van der Waals surface area (Å²) >= 11 is 0. The second kappa shape index (κ2) is 10.3. The Hall–Kier alpha value is -1.91. The van der Waals surface area contributed by atoms with Crippen LogP contribution < -0.4 is 5.32 Å². The van der Waals surface area contributed by atoms with E-state index in [9.17, 15) is 44.7 Å². The van der Waals surface area contributed by atoms with Crippen LogP contribution in [0.15, 0.2) is 4.99 Å². The highest BCUT2D eigenvalue weighted by Crippen LogP contribution is 2.48. The Morgan fingerprint density at radius 3 is 2.15 bits per heavy atom. The predicted octanol–water partition coefficient (Wildman–Crippen LogP) is 3.78. The van der Waals surface area contributed by atoms with Gasteiger partial charge in [-0.3, -0.25) is 0 Å². The number of unbranched alkanes of at least 4 members (excludes halogenated alkanes) is 3. The summed E-state index contributed by atoms with van der Waals surface area (Å²) in [5, 5.41) is 1.91. The number of ether oxygens (including phenoxy) is 1. The standard InChI is InChI=1S/C13H16F8N2O3/c14-9(15)12(18,19)13(20,21)11(16,17)7-26-10(25)23-6-4-2-1-3-5-22-8-24/h9H,1-7H2,(H,23,25). The van der Waals surface area contributed by atoms with E-state index in [-0.39, 0.29) is 13.1 Å². The summed E-state index contributed by atoms with van der Waals surface area (Å²) in [6, 6.07) is 0. The van der Waals surface area contributed by atoms with Crippen molar-refractivity contribution in [1.29, 1.82) is 0 Å². The molecule has 26 heavy (non-hydrogen) atoms. The number of alkyl carbamates (subject to hydrolysis) is 1. The van der Waals surface area contributed by atoms with Crippen molar-refractivity contribution in [2.45, 2.75) is 49.9 Å². The van der Waals surface area contributed by atoms with Gasteiger partial charge in [-0.2, -0.15) is 26.3 Å². The van der Waals surface area contributed by atoms with Crippen molar-refractivity contribution >= 4 is 12.2 Å². The van der Waals surface area contributed by atoms with E-state index in [4.69, 9.17) is 0 Å². The van der Waals surface area contributed by atoms with E-state index in [2.05, 4.69) is 9.73 Å². The molecule has 13 heteroatoms. The first-order valence-corrected chi connectivity index (χ1v) is 7.26. The number of carbonyl (C=O) groups is 1. The third kappa shape index (κ3) is 6.77. The molecule has 0 bridgehead atoms. The van der Waals surface area contributed by atoms with Gasteiger partial charge in [-0.25, -0.2) is 23.4 Å². The minimum Gasteiger partial charge on any atom is -0.443 e. The summed E-state index contributed by atoms with van der Waals surface area (Å²) < 4.78 is 105. The first kappa shape index (κ1) is 24.1. The maximum atomic E-state index is 13.1. The monoisotopic (exact) mass is 400 g/mol. The number of rotatable bonds is 12. The third-order valence-corrected chi connectivity index (χ3v) is 3.07. The Kier molecular flexibility index (Phi) is 9.53. The second-order valence-corrected chi connectivity index (χ2v) is 5.09. The molecule has 1 amide bonds. The van der Waals surface area contributed by atoms with Crippen LogP contribution in [0.4, 0.5) is 39.9 Å². The Bertz CT molecular complexity index is 496. The fourth-order valence-electron chi connectivity index (χ4n) is 1.58. The van der Waals surface area contributed by atoms with E-state index < -0.39 is 36.9 Å². The van der Waals surface area contributed by atoms with Gasteiger partial charge >= 0.3 is 30.3 Å². The van der Waals surface area contributed by atoms with Crippen LogP contribution in [-0.2, 0) is 9.53 Å². The molecule has 0 aliphatic carbocycles. The SMILES string of the molecule is O=C=NCCCCCCNC(=O)OCC(F)(F)C(F)(F)C(F)(F)C(F)F. The van der Waals surface area contributed by atoms with Crippen molar-refractivity contribution in [3.63, 3.8) is 0 Å². The molecule has 0 aromatic heterocycles. The molecule has 0 aromatic rings. The second-order valence-electron chi connectivity index (χ2n) is 5.09. The number of hydrogen-bond donors (Lipinski definition) is 1. The fourth-order valence-corrected chi connectivity index (χ4v) is 1.58. The molecule has 0 atom stereocenters. The predicted molar refractivity (Wildman–Crippen MR) is 71.7 cm³/mol. The quantitative estimate of drug-likeness (QED) is 0.235. The van der Waals surface area contributed by atoms with Gasteiger partial charge in [-0.15, -0.1) is 0 Å². The van der Waals surface area contributed by atoms with Crippen LogP contribution in [-0.4, -0.2) is 56.1 Å². The van der Waals surface area contributed by atoms with Gasteiger partial charge < -0.3 is 10.1 Å². The van der Waals surface area contributed by atoms with Crippen LogP contribution in [0.5, 0.6) is 0 Å². The maximum Gasteiger partial charge on any atom is 0.407 e. The smallest absolute Gasteiger partial charge is 0.407 e. The van der Waals surface area contributed by atoms with E-state index in [1.54, 1.807) is 0 Å². The highest BCUT2D eigenvalue weighted by atomic mass is 19.4. The largest absolute Gasteiger partial charge is 0.443 e. The van der Waals surface area contributed by atoms with Crippen LogP contribution in [0.25, 0.3) is 0 Å². The lowest BCUT2D eigenvalue weighted by Crippen LogP contribution is -2.59. The van der Waals surface area contributed by atoms with Crippen molar-refractivity contribution in [1.82, 2.24) is 5.32 Å². The average Bonchev–Trinajstić information content (AvgIpc) is 2.55. The summed E-state index contributed by atoms with van der Waals surface area (Å²) in [6.45, 7) is -2.33. The van der Waals surface area contributed by atoms with E-state index in [1.165, 1.54) is 6.08 Å². The molecular formula is C13H16F8N2O3. The van der Waals surface area contributed by atoms with Gasteiger partial charge in [0.15, 0.2) is 6.61 Å². The molecule has 0 saturated carbocycles. The first-order valence-electron chi connectivity index (χ1n) is 7.26. The van der Waals surface area contributed by atoms with Gasteiger partial charge in [0.2, 0.25) is 6.08 Å². The van der Waals surface area contributed by atoms with E-state index in [0.717, 1.165) is 0 Å². The van der Waals surface area contributed by atoms with Crippen molar-refractivity contribution in [3.05, 3.63) is 0 Å². The van der Waals surface area contributed by atoms with Gasteiger partial charge in [0.25, 0.3) is 0 Å². The molecule has 0 heterocycles. The van der Waals surface area contributed by atoms with Crippen molar-refractivity contribution in [3.8, 4) is 0 Å². The van der Waals surface area contributed by atoms with Gasteiger partial charge in [-0.05, 0) is 12.8 Å². The van der Waals surface area contributed by atoms with Gasteiger partial charge in [0.05, 0.1) is 6.54 Å². The van der Waals surface area contributed by atoms with Crippen molar-refractivity contribution < 1.29 is 49.4 Å². The number of hydrogen-bond acceptors (Lipinski definition) is 4. The number of amides is 1. The molecule has 5 nitrogen and oxygen atoms in total. The number of nitrogens with one attached hydrogen (secondary N) is 1. The molecule has 0 fully saturated rings. The highest BCUT2D eigenvalue weighted by molar-refractivity contribution is 5.67.